The van der Waals surface area contributed by atoms with Crippen molar-refractivity contribution < 1.29 is 22.7 Å². The second kappa shape index (κ2) is 6.53. The molecular weight excluding hydrogens is 374 g/mol. The lowest BCUT2D eigenvalue weighted by molar-refractivity contribution is 0.476. The summed E-state index contributed by atoms with van der Waals surface area (Å²) in [5.74, 6) is -3.99. The standard InChI is InChI=1S/C21H11F4NO2/c22-11-4-5-13(18(25)8-11)15-9-12(27)10-19-14(15)6-7-20(28)26(19)21-16(23)2-1-3-17(21)24/h1-10,27H. The van der Waals surface area contributed by atoms with Crippen LogP contribution in [-0.4, -0.2) is 9.67 Å². The third kappa shape index (κ3) is 2.81. The van der Waals surface area contributed by atoms with Gasteiger partial charge in [-0.05, 0) is 42.0 Å². The van der Waals surface area contributed by atoms with Crippen molar-refractivity contribution in [1.29, 1.82) is 0 Å². The zero-order chi connectivity index (χ0) is 20.0. The van der Waals surface area contributed by atoms with E-state index < -0.39 is 34.5 Å². The molecule has 1 heterocycles. The van der Waals surface area contributed by atoms with Crippen LogP contribution in [0.3, 0.4) is 0 Å². The number of nitrogens with zero attached hydrogens (tertiary/aromatic N) is 1. The molecule has 4 aromatic rings. The van der Waals surface area contributed by atoms with E-state index >= 15 is 0 Å². The number of rotatable bonds is 2. The van der Waals surface area contributed by atoms with E-state index in [1.165, 1.54) is 18.2 Å². The minimum Gasteiger partial charge on any atom is -0.508 e. The lowest BCUT2D eigenvalue weighted by atomic mass is 9.99. The van der Waals surface area contributed by atoms with E-state index in [2.05, 4.69) is 0 Å². The summed E-state index contributed by atoms with van der Waals surface area (Å²) in [6.45, 7) is 0. The molecule has 0 spiro atoms. The zero-order valence-electron chi connectivity index (χ0n) is 14.1. The van der Waals surface area contributed by atoms with E-state index in [0.29, 0.717) is 6.07 Å². The van der Waals surface area contributed by atoms with Gasteiger partial charge in [-0.25, -0.2) is 17.6 Å². The normalized spacial score (nSPS) is 11.1. The van der Waals surface area contributed by atoms with Gasteiger partial charge in [-0.15, -0.1) is 0 Å². The van der Waals surface area contributed by atoms with E-state index in [9.17, 15) is 27.5 Å². The maximum Gasteiger partial charge on any atom is 0.255 e. The number of para-hydroxylation sites is 1. The number of hydrogen-bond donors (Lipinski definition) is 1. The van der Waals surface area contributed by atoms with Crippen LogP contribution in [0.4, 0.5) is 17.6 Å². The van der Waals surface area contributed by atoms with Crippen molar-refractivity contribution in [3.63, 3.8) is 0 Å². The van der Waals surface area contributed by atoms with Crippen molar-refractivity contribution in [3.8, 4) is 22.6 Å². The van der Waals surface area contributed by atoms with Crippen molar-refractivity contribution >= 4 is 10.9 Å². The SMILES string of the molecule is O=c1ccc2c(-c3ccc(F)cc3F)cc(O)cc2n1-c1c(F)cccc1F. The van der Waals surface area contributed by atoms with Gasteiger partial charge in [-0.3, -0.25) is 9.36 Å². The molecule has 0 saturated carbocycles. The molecule has 0 radical (unpaired) electrons. The number of aromatic nitrogens is 1. The molecule has 1 aromatic heterocycles. The first-order valence-electron chi connectivity index (χ1n) is 8.15. The molecule has 0 atom stereocenters. The monoisotopic (exact) mass is 385 g/mol. The summed E-state index contributed by atoms with van der Waals surface area (Å²) >= 11 is 0. The van der Waals surface area contributed by atoms with E-state index in [1.807, 2.05) is 0 Å². The van der Waals surface area contributed by atoms with Crippen LogP contribution in [0.2, 0.25) is 0 Å². The quantitative estimate of drug-likeness (QED) is 0.498. The Morgan fingerprint density at radius 2 is 1.46 bits per heavy atom. The first-order valence-corrected chi connectivity index (χ1v) is 8.15. The smallest absolute Gasteiger partial charge is 0.255 e. The molecule has 1 N–H and O–H groups in total. The van der Waals surface area contributed by atoms with Crippen molar-refractivity contribution in [3.05, 3.63) is 94.3 Å². The zero-order valence-corrected chi connectivity index (χ0v) is 14.1. The number of phenols is 1. The van der Waals surface area contributed by atoms with Crippen molar-refractivity contribution in [2.24, 2.45) is 0 Å². The minimum atomic E-state index is -0.979. The fourth-order valence-electron chi connectivity index (χ4n) is 3.20. The van der Waals surface area contributed by atoms with Gasteiger partial charge in [-0.1, -0.05) is 6.07 Å². The third-order valence-corrected chi connectivity index (χ3v) is 4.38. The Hall–Kier alpha value is -3.61. The minimum absolute atomic E-state index is 0.0322. The summed E-state index contributed by atoms with van der Waals surface area (Å²) in [4.78, 5) is 12.4. The molecule has 3 nitrogen and oxygen atoms in total. The number of phenolic OH excluding ortho intramolecular Hbond substituents is 1. The second-order valence-electron chi connectivity index (χ2n) is 6.13. The maximum atomic E-state index is 14.3. The van der Waals surface area contributed by atoms with Crippen LogP contribution < -0.4 is 5.56 Å². The van der Waals surface area contributed by atoms with Crippen LogP contribution in [0.15, 0.2) is 65.5 Å². The van der Waals surface area contributed by atoms with Gasteiger partial charge in [0.15, 0.2) is 0 Å². The lowest BCUT2D eigenvalue weighted by Crippen LogP contribution is -2.20. The average molecular weight is 385 g/mol. The largest absolute Gasteiger partial charge is 0.508 e. The van der Waals surface area contributed by atoms with Crippen molar-refractivity contribution in [1.82, 2.24) is 4.57 Å². The molecule has 0 aliphatic carbocycles. The van der Waals surface area contributed by atoms with Crippen LogP contribution >= 0.6 is 0 Å². The predicted molar refractivity (Wildman–Crippen MR) is 96.5 cm³/mol. The highest BCUT2D eigenvalue weighted by molar-refractivity contribution is 5.97. The second-order valence-corrected chi connectivity index (χ2v) is 6.13. The molecule has 140 valence electrons. The third-order valence-electron chi connectivity index (χ3n) is 4.38. The van der Waals surface area contributed by atoms with Gasteiger partial charge in [0.2, 0.25) is 0 Å². The van der Waals surface area contributed by atoms with Gasteiger partial charge in [-0.2, -0.15) is 0 Å². The van der Waals surface area contributed by atoms with E-state index in [4.69, 9.17) is 0 Å². The Labute approximate surface area is 155 Å². The van der Waals surface area contributed by atoms with E-state index in [1.54, 1.807) is 0 Å². The van der Waals surface area contributed by atoms with E-state index in [-0.39, 0.29) is 27.8 Å². The van der Waals surface area contributed by atoms with Gasteiger partial charge in [0.25, 0.3) is 5.56 Å². The first kappa shape index (κ1) is 17.8. The molecule has 28 heavy (non-hydrogen) atoms. The lowest BCUT2D eigenvalue weighted by Gasteiger charge is -2.15. The highest BCUT2D eigenvalue weighted by atomic mass is 19.1. The molecule has 3 aromatic carbocycles. The number of benzene rings is 3. The van der Waals surface area contributed by atoms with Crippen LogP contribution in [0.25, 0.3) is 27.7 Å². The van der Waals surface area contributed by atoms with Gasteiger partial charge in [0, 0.05) is 29.1 Å². The summed E-state index contributed by atoms with van der Waals surface area (Å²) in [7, 11) is 0. The molecule has 0 bridgehead atoms. The molecule has 0 amide bonds. The Morgan fingerprint density at radius 1 is 0.750 bits per heavy atom. The maximum absolute atomic E-state index is 14.3. The number of fused-ring (bicyclic) bond motifs is 1. The topological polar surface area (TPSA) is 42.2 Å². The molecule has 0 aliphatic heterocycles. The summed E-state index contributed by atoms with van der Waals surface area (Å²) in [6.07, 6.45) is 0. The molecule has 7 heteroatoms. The van der Waals surface area contributed by atoms with Crippen molar-refractivity contribution in [2.45, 2.75) is 0 Å². The molecule has 0 aliphatic rings. The number of halogens is 4. The summed E-state index contributed by atoms with van der Waals surface area (Å²) < 4.78 is 57.0. The Balaban J connectivity index is 2.14. The molecule has 4 rings (SSSR count). The number of aromatic hydroxyl groups is 1. The van der Waals surface area contributed by atoms with Gasteiger partial charge in [0.1, 0.15) is 34.7 Å². The van der Waals surface area contributed by atoms with Gasteiger partial charge >= 0.3 is 0 Å². The Morgan fingerprint density at radius 3 is 2.14 bits per heavy atom. The van der Waals surface area contributed by atoms with Crippen LogP contribution in [-0.2, 0) is 0 Å². The molecule has 0 unspecified atom stereocenters. The van der Waals surface area contributed by atoms with Crippen LogP contribution in [0.1, 0.15) is 0 Å². The molecule has 0 fully saturated rings. The summed E-state index contributed by atoms with van der Waals surface area (Å²) in [5.41, 5.74) is -1.29. The average Bonchev–Trinajstić information content (AvgIpc) is 2.62. The van der Waals surface area contributed by atoms with Gasteiger partial charge < -0.3 is 5.11 Å². The highest BCUT2D eigenvalue weighted by Crippen LogP contribution is 2.35. The molecular formula is C21H11F4NO2. The highest BCUT2D eigenvalue weighted by Gasteiger charge is 2.18. The van der Waals surface area contributed by atoms with Gasteiger partial charge in [0.05, 0.1) is 5.52 Å². The predicted octanol–water partition coefficient (Wildman–Crippen LogP) is 4.92. The van der Waals surface area contributed by atoms with Crippen LogP contribution in [0, 0.1) is 23.3 Å². The Bertz CT molecular complexity index is 1280. The first-order chi connectivity index (χ1) is 13.4. The van der Waals surface area contributed by atoms with E-state index in [0.717, 1.165) is 41.0 Å². The Kier molecular flexibility index (Phi) is 4.15. The summed E-state index contributed by atoms with van der Waals surface area (Å²) in [6, 6.07) is 10.8. The molecule has 0 saturated heterocycles. The van der Waals surface area contributed by atoms with Crippen molar-refractivity contribution in [2.75, 3.05) is 0 Å². The number of hydrogen-bond acceptors (Lipinski definition) is 2. The van der Waals surface area contributed by atoms with Crippen LogP contribution in [0.5, 0.6) is 5.75 Å². The number of pyridine rings is 1. The fourth-order valence-corrected chi connectivity index (χ4v) is 3.20. The summed E-state index contributed by atoms with van der Waals surface area (Å²) in [5, 5.41) is 10.4. The fraction of sp³-hybridized carbons (Fsp3) is 0.